The van der Waals surface area contributed by atoms with E-state index in [9.17, 15) is 0 Å². The van der Waals surface area contributed by atoms with Crippen LogP contribution in [-0.4, -0.2) is 12.1 Å². The Hall–Kier alpha value is -0.300. The Bertz CT molecular complexity index is 74.5. The first-order valence-corrected chi connectivity index (χ1v) is 3.01. The summed E-state index contributed by atoms with van der Waals surface area (Å²) in [6, 6.07) is 0. The van der Waals surface area contributed by atoms with Gasteiger partial charge in [0.25, 0.3) is 0 Å². The first kappa shape index (κ1) is 7.70. The van der Waals surface area contributed by atoms with Crippen LogP contribution >= 0.6 is 0 Å². The minimum Gasteiger partial charge on any atom is -0.309 e. The van der Waals surface area contributed by atoms with Gasteiger partial charge in [0.1, 0.15) is 0 Å². The molecule has 1 heteroatoms. The van der Waals surface area contributed by atoms with Crippen LogP contribution in [0.1, 0.15) is 20.8 Å². The summed E-state index contributed by atoms with van der Waals surface area (Å²) in [4.78, 5) is 0. The van der Waals surface area contributed by atoms with E-state index in [2.05, 4.69) is 32.7 Å². The maximum Gasteiger partial charge on any atom is 0.0304 e. The van der Waals surface area contributed by atoms with Gasteiger partial charge < -0.3 is 5.32 Å². The van der Waals surface area contributed by atoms with Crippen molar-refractivity contribution in [3.63, 3.8) is 0 Å². The quantitative estimate of drug-likeness (QED) is 0.548. The molecule has 0 spiro atoms. The third-order valence-electron chi connectivity index (χ3n) is 1.14. The molecular weight excluding hydrogens is 98.1 g/mol. The Morgan fingerprint density at radius 1 is 1.62 bits per heavy atom. The lowest BCUT2D eigenvalue weighted by atomic mass is 10.1. The summed E-state index contributed by atoms with van der Waals surface area (Å²) in [5, 5.41) is 3.25. The second kappa shape index (κ2) is 2.88. The molecule has 0 bridgehead atoms. The third-order valence-corrected chi connectivity index (χ3v) is 1.14. The van der Waals surface area contributed by atoms with Gasteiger partial charge in [0.15, 0.2) is 0 Å². The van der Waals surface area contributed by atoms with Gasteiger partial charge in [0.05, 0.1) is 0 Å². The third kappa shape index (κ3) is 2.80. The van der Waals surface area contributed by atoms with E-state index >= 15 is 0 Å². The lowest BCUT2D eigenvalue weighted by Crippen LogP contribution is -2.36. The van der Waals surface area contributed by atoms with Crippen molar-refractivity contribution in [3.8, 4) is 0 Å². The fraction of sp³-hybridized carbons (Fsp3) is 0.714. The van der Waals surface area contributed by atoms with Crippen LogP contribution in [0.3, 0.4) is 0 Å². The largest absolute Gasteiger partial charge is 0.309 e. The molecule has 0 aliphatic carbocycles. The molecule has 0 amide bonds. The first-order valence-electron chi connectivity index (χ1n) is 3.01. The van der Waals surface area contributed by atoms with E-state index < -0.39 is 0 Å². The van der Waals surface area contributed by atoms with E-state index in [1.165, 1.54) is 0 Å². The van der Waals surface area contributed by atoms with Gasteiger partial charge in [-0.1, -0.05) is 13.0 Å². The zero-order valence-electron chi connectivity index (χ0n) is 5.99. The van der Waals surface area contributed by atoms with Gasteiger partial charge in [-0.25, -0.2) is 0 Å². The highest BCUT2D eigenvalue weighted by Gasteiger charge is 2.07. The van der Waals surface area contributed by atoms with Crippen LogP contribution in [0.4, 0.5) is 0 Å². The zero-order valence-corrected chi connectivity index (χ0v) is 5.99. The number of hydrogen-bond donors (Lipinski definition) is 1. The van der Waals surface area contributed by atoms with Crippen LogP contribution in [0, 0.1) is 0 Å². The molecule has 8 heavy (non-hydrogen) atoms. The van der Waals surface area contributed by atoms with E-state index in [1.807, 2.05) is 6.08 Å². The average Bonchev–Trinajstić information content (AvgIpc) is 1.67. The summed E-state index contributed by atoms with van der Waals surface area (Å²) in [6.07, 6.45) is 1.91. The van der Waals surface area contributed by atoms with E-state index in [4.69, 9.17) is 0 Å². The highest BCUT2D eigenvalue weighted by molar-refractivity contribution is 4.94. The Labute approximate surface area is 51.8 Å². The summed E-state index contributed by atoms with van der Waals surface area (Å²) in [5.41, 5.74) is 0.106. The molecule has 1 N–H and O–H groups in total. The molecule has 0 aliphatic heterocycles. The Morgan fingerprint density at radius 3 is 2.25 bits per heavy atom. The standard InChI is InChI=1S/C7H15N/c1-5-7(3,4)8-6-2/h5,8H,1,6H2,2-4H3. The van der Waals surface area contributed by atoms with Gasteiger partial charge in [-0.15, -0.1) is 6.58 Å². The molecule has 0 atom stereocenters. The maximum atomic E-state index is 3.69. The van der Waals surface area contributed by atoms with Crippen molar-refractivity contribution in [2.24, 2.45) is 0 Å². The molecule has 0 heterocycles. The lowest BCUT2D eigenvalue weighted by Gasteiger charge is -2.19. The van der Waals surface area contributed by atoms with E-state index in [0.717, 1.165) is 6.54 Å². The molecule has 0 radical (unpaired) electrons. The zero-order chi connectivity index (χ0) is 6.62. The molecule has 0 unspecified atom stereocenters. The average molecular weight is 113 g/mol. The molecule has 0 aliphatic rings. The van der Waals surface area contributed by atoms with Crippen LogP contribution in [0.2, 0.25) is 0 Å². The summed E-state index contributed by atoms with van der Waals surface area (Å²) in [5.74, 6) is 0. The van der Waals surface area contributed by atoms with Gasteiger partial charge in [-0.05, 0) is 20.4 Å². The van der Waals surface area contributed by atoms with Crippen LogP contribution in [0.15, 0.2) is 12.7 Å². The monoisotopic (exact) mass is 113 g/mol. The number of likely N-dealkylation sites (N-methyl/N-ethyl adjacent to an activating group) is 1. The maximum absolute atomic E-state index is 3.69. The summed E-state index contributed by atoms with van der Waals surface area (Å²) >= 11 is 0. The van der Waals surface area contributed by atoms with Gasteiger partial charge in [-0.3, -0.25) is 0 Å². The van der Waals surface area contributed by atoms with Crippen molar-refractivity contribution in [1.82, 2.24) is 5.32 Å². The van der Waals surface area contributed by atoms with Crippen molar-refractivity contribution in [3.05, 3.63) is 12.7 Å². The Morgan fingerprint density at radius 2 is 2.12 bits per heavy atom. The summed E-state index contributed by atoms with van der Waals surface area (Å²) in [7, 11) is 0. The first-order chi connectivity index (χ1) is 3.62. The van der Waals surface area contributed by atoms with Crippen molar-refractivity contribution in [2.45, 2.75) is 26.3 Å². The Kier molecular flexibility index (Phi) is 2.77. The predicted octanol–water partition coefficient (Wildman–Crippen LogP) is 1.56. The number of nitrogens with one attached hydrogen (secondary N) is 1. The topological polar surface area (TPSA) is 12.0 Å². The smallest absolute Gasteiger partial charge is 0.0304 e. The van der Waals surface area contributed by atoms with Crippen molar-refractivity contribution >= 4 is 0 Å². The fourth-order valence-electron chi connectivity index (χ4n) is 0.528. The molecule has 1 nitrogen and oxygen atoms in total. The second-order valence-electron chi connectivity index (χ2n) is 2.46. The molecule has 0 saturated carbocycles. The predicted molar refractivity (Wildman–Crippen MR) is 38.0 cm³/mol. The highest BCUT2D eigenvalue weighted by atomic mass is 14.9. The molecule has 0 fully saturated rings. The van der Waals surface area contributed by atoms with Crippen LogP contribution < -0.4 is 5.32 Å². The van der Waals surface area contributed by atoms with Crippen molar-refractivity contribution in [1.29, 1.82) is 0 Å². The highest BCUT2D eigenvalue weighted by Crippen LogP contribution is 2.00. The fourth-order valence-corrected chi connectivity index (χ4v) is 0.528. The molecule has 0 aromatic rings. The Balaban J connectivity index is 3.53. The van der Waals surface area contributed by atoms with Crippen LogP contribution in [0.5, 0.6) is 0 Å². The summed E-state index contributed by atoms with van der Waals surface area (Å²) < 4.78 is 0. The van der Waals surface area contributed by atoms with Crippen LogP contribution in [0.25, 0.3) is 0 Å². The van der Waals surface area contributed by atoms with E-state index in [0.29, 0.717) is 0 Å². The molecular formula is C7H15N. The van der Waals surface area contributed by atoms with E-state index in [1.54, 1.807) is 0 Å². The molecule has 0 aromatic carbocycles. The minimum atomic E-state index is 0.106. The summed E-state index contributed by atoms with van der Waals surface area (Å²) in [6.45, 7) is 11.0. The molecule has 0 aromatic heterocycles. The van der Waals surface area contributed by atoms with Crippen LogP contribution in [-0.2, 0) is 0 Å². The molecule has 48 valence electrons. The second-order valence-corrected chi connectivity index (χ2v) is 2.46. The van der Waals surface area contributed by atoms with Gasteiger partial charge >= 0.3 is 0 Å². The van der Waals surface area contributed by atoms with E-state index in [-0.39, 0.29) is 5.54 Å². The van der Waals surface area contributed by atoms with Crippen molar-refractivity contribution in [2.75, 3.05) is 6.54 Å². The number of rotatable bonds is 3. The minimum absolute atomic E-state index is 0.106. The lowest BCUT2D eigenvalue weighted by molar-refractivity contribution is 0.492. The molecule has 0 saturated heterocycles. The SMILES string of the molecule is C=CC(C)(C)NCC. The van der Waals surface area contributed by atoms with Gasteiger partial charge in [0, 0.05) is 5.54 Å². The van der Waals surface area contributed by atoms with Gasteiger partial charge in [-0.2, -0.15) is 0 Å². The molecule has 0 rings (SSSR count). The van der Waals surface area contributed by atoms with Gasteiger partial charge in [0.2, 0.25) is 0 Å². The van der Waals surface area contributed by atoms with Crippen molar-refractivity contribution < 1.29 is 0 Å². The number of hydrogen-bond acceptors (Lipinski definition) is 1. The normalized spacial score (nSPS) is 11.4.